The van der Waals surface area contributed by atoms with Crippen LogP contribution in [-0.4, -0.2) is 12.4 Å². The quantitative estimate of drug-likeness (QED) is 0.524. The first-order chi connectivity index (χ1) is 7.24. The molecule has 0 bridgehead atoms. The largest absolute Gasteiger partial charge is 0.294 e. The Morgan fingerprint density at radius 1 is 1.07 bits per heavy atom. The van der Waals surface area contributed by atoms with Crippen LogP contribution in [-0.2, 0) is 5.11 Å². The lowest BCUT2D eigenvalue weighted by Gasteiger charge is -2.00. The highest BCUT2D eigenvalue weighted by Gasteiger charge is 2.04. The third kappa shape index (κ3) is 4.21. The third-order valence-corrected chi connectivity index (χ3v) is 2.21. The molecule has 0 aliphatic heterocycles. The van der Waals surface area contributed by atoms with Gasteiger partial charge >= 0.3 is 0 Å². The molecule has 0 aliphatic carbocycles. The summed E-state index contributed by atoms with van der Waals surface area (Å²) in [4.78, 5) is 11.5. The van der Waals surface area contributed by atoms with E-state index in [9.17, 15) is 14.3 Å². The maximum absolute atomic E-state index is 12.6. The number of rotatable bonds is 6. The number of ketones is 1. The summed E-state index contributed by atoms with van der Waals surface area (Å²) in [7, 11) is 0. The van der Waals surface area contributed by atoms with Crippen LogP contribution in [0.4, 0.5) is 4.39 Å². The van der Waals surface area contributed by atoms with Crippen molar-refractivity contribution in [3.63, 3.8) is 0 Å². The van der Waals surface area contributed by atoms with Gasteiger partial charge in [-0.05, 0) is 37.1 Å². The Hall–Kier alpha value is -1.22. The molecule has 1 aromatic carbocycles. The topological polar surface area (TPSA) is 37.0 Å². The molecule has 1 radical (unpaired) electrons. The molecule has 0 amide bonds. The normalized spacial score (nSPS) is 10.3. The van der Waals surface area contributed by atoms with E-state index in [0.717, 1.165) is 12.8 Å². The fourth-order valence-corrected chi connectivity index (χ4v) is 1.34. The van der Waals surface area contributed by atoms with Crippen molar-refractivity contribution in [2.24, 2.45) is 0 Å². The standard InChI is InChI=1S/C12H14FO2/c13-11-7-5-10(6-8-11)12(15)4-2-1-3-9-14/h5-8H,1-4,9H2. The molecule has 1 rings (SSSR count). The first-order valence-electron chi connectivity index (χ1n) is 5.11. The second-order valence-electron chi connectivity index (χ2n) is 3.44. The summed E-state index contributed by atoms with van der Waals surface area (Å²) >= 11 is 0. The molecule has 0 N–H and O–H groups in total. The minimum absolute atomic E-state index is 0.0147. The van der Waals surface area contributed by atoms with Gasteiger partial charge < -0.3 is 0 Å². The summed E-state index contributed by atoms with van der Waals surface area (Å²) < 4.78 is 12.6. The molecule has 0 unspecified atom stereocenters. The van der Waals surface area contributed by atoms with Crippen LogP contribution in [0.2, 0.25) is 0 Å². The van der Waals surface area contributed by atoms with E-state index in [1.54, 1.807) is 0 Å². The molecule has 81 valence electrons. The van der Waals surface area contributed by atoms with Crippen LogP contribution in [0, 0.1) is 5.82 Å². The molecule has 0 heterocycles. The number of benzene rings is 1. The van der Waals surface area contributed by atoms with Gasteiger partial charge in [0, 0.05) is 12.0 Å². The number of Topliss-reactive ketones (excluding diaryl/α,β-unsaturated/α-hetero) is 1. The van der Waals surface area contributed by atoms with Gasteiger partial charge in [-0.25, -0.2) is 9.50 Å². The SMILES string of the molecule is [O]CCCCCC(=O)c1ccc(F)cc1. The Labute approximate surface area is 88.7 Å². The van der Waals surface area contributed by atoms with Crippen molar-refractivity contribution >= 4 is 5.78 Å². The summed E-state index contributed by atoms with van der Waals surface area (Å²) in [6.07, 6.45) is 2.58. The maximum Gasteiger partial charge on any atom is 0.162 e. The van der Waals surface area contributed by atoms with E-state index < -0.39 is 0 Å². The summed E-state index contributed by atoms with van der Waals surface area (Å²) in [5, 5.41) is 10.2. The zero-order valence-electron chi connectivity index (χ0n) is 8.54. The van der Waals surface area contributed by atoms with Gasteiger partial charge in [-0.15, -0.1) is 0 Å². The highest BCUT2D eigenvalue weighted by atomic mass is 19.1. The highest BCUT2D eigenvalue weighted by Crippen LogP contribution is 2.09. The average Bonchev–Trinajstić information content (AvgIpc) is 2.25. The number of hydrogen-bond acceptors (Lipinski definition) is 1. The molecule has 0 aliphatic rings. The fourth-order valence-electron chi connectivity index (χ4n) is 1.34. The van der Waals surface area contributed by atoms with E-state index in [4.69, 9.17) is 0 Å². The fraction of sp³-hybridized carbons (Fsp3) is 0.417. The number of carbonyl (C=O) groups excluding carboxylic acids is 1. The van der Waals surface area contributed by atoms with E-state index >= 15 is 0 Å². The molecular weight excluding hydrogens is 195 g/mol. The highest BCUT2D eigenvalue weighted by molar-refractivity contribution is 5.95. The predicted molar refractivity (Wildman–Crippen MR) is 54.8 cm³/mol. The van der Waals surface area contributed by atoms with E-state index in [1.165, 1.54) is 24.3 Å². The van der Waals surface area contributed by atoms with Crippen LogP contribution in [0.15, 0.2) is 24.3 Å². The first kappa shape index (κ1) is 11.9. The first-order valence-corrected chi connectivity index (χ1v) is 5.11. The van der Waals surface area contributed by atoms with Crippen molar-refractivity contribution in [1.29, 1.82) is 0 Å². The molecule has 0 spiro atoms. The Bertz CT molecular complexity index is 306. The van der Waals surface area contributed by atoms with Crippen molar-refractivity contribution in [3.8, 4) is 0 Å². The summed E-state index contributed by atoms with van der Waals surface area (Å²) in [5.41, 5.74) is 0.540. The summed E-state index contributed by atoms with van der Waals surface area (Å²) in [5.74, 6) is -0.321. The number of hydrogen-bond donors (Lipinski definition) is 0. The van der Waals surface area contributed by atoms with Crippen LogP contribution in [0.3, 0.4) is 0 Å². The van der Waals surface area contributed by atoms with Gasteiger partial charge in [0.25, 0.3) is 0 Å². The molecule has 15 heavy (non-hydrogen) atoms. The molecule has 0 saturated heterocycles. The minimum atomic E-state index is -0.335. The lowest BCUT2D eigenvalue weighted by molar-refractivity contribution is 0.0977. The molecule has 1 aromatic rings. The van der Waals surface area contributed by atoms with Gasteiger partial charge in [-0.1, -0.05) is 6.42 Å². The Morgan fingerprint density at radius 2 is 1.73 bits per heavy atom. The number of halogens is 1. The van der Waals surface area contributed by atoms with Gasteiger partial charge in [0.05, 0.1) is 6.61 Å². The number of unbranched alkanes of at least 4 members (excludes halogenated alkanes) is 2. The van der Waals surface area contributed by atoms with Gasteiger partial charge in [0.2, 0.25) is 0 Å². The molecule has 0 saturated carbocycles. The Morgan fingerprint density at radius 3 is 2.33 bits per heavy atom. The molecule has 2 nitrogen and oxygen atoms in total. The summed E-state index contributed by atoms with van der Waals surface area (Å²) in [6.45, 7) is -0.0786. The molecular formula is C12H14FO2. The van der Waals surface area contributed by atoms with E-state index in [0.29, 0.717) is 18.4 Å². The van der Waals surface area contributed by atoms with Crippen molar-refractivity contribution in [1.82, 2.24) is 0 Å². The zero-order chi connectivity index (χ0) is 11.1. The van der Waals surface area contributed by atoms with Crippen LogP contribution in [0.25, 0.3) is 0 Å². The van der Waals surface area contributed by atoms with Gasteiger partial charge in [0.15, 0.2) is 5.78 Å². The third-order valence-electron chi connectivity index (χ3n) is 2.21. The molecule has 3 heteroatoms. The van der Waals surface area contributed by atoms with E-state index in [1.807, 2.05) is 0 Å². The Kier molecular flexibility index (Phi) is 4.98. The zero-order valence-corrected chi connectivity index (χ0v) is 8.54. The Balaban J connectivity index is 2.37. The van der Waals surface area contributed by atoms with Crippen LogP contribution in [0.1, 0.15) is 36.0 Å². The molecule has 0 fully saturated rings. The minimum Gasteiger partial charge on any atom is -0.294 e. The maximum atomic E-state index is 12.6. The van der Waals surface area contributed by atoms with Crippen molar-refractivity contribution in [2.45, 2.75) is 25.7 Å². The molecule has 0 atom stereocenters. The monoisotopic (exact) mass is 209 g/mol. The smallest absolute Gasteiger partial charge is 0.162 e. The van der Waals surface area contributed by atoms with Crippen molar-refractivity contribution in [3.05, 3.63) is 35.6 Å². The van der Waals surface area contributed by atoms with Gasteiger partial charge in [0.1, 0.15) is 5.82 Å². The van der Waals surface area contributed by atoms with Crippen LogP contribution >= 0.6 is 0 Å². The predicted octanol–water partition coefficient (Wildman–Crippen LogP) is 3.00. The van der Waals surface area contributed by atoms with Crippen molar-refractivity contribution in [2.75, 3.05) is 6.61 Å². The van der Waals surface area contributed by atoms with E-state index in [2.05, 4.69) is 0 Å². The summed E-state index contributed by atoms with van der Waals surface area (Å²) in [6, 6.07) is 5.55. The van der Waals surface area contributed by atoms with Crippen LogP contribution < -0.4 is 0 Å². The van der Waals surface area contributed by atoms with E-state index in [-0.39, 0.29) is 18.2 Å². The average molecular weight is 209 g/mol. The lowest BCUT2D eigenvalue weighted by Crippen LogP contribution is -1.99. The second kappa shape index (κ2) is 6.30. The van der Waals surface area contributed by atoms with Gasteiger partial charge in [-0.3, -0.25) is 4.79 Å². The lowest BCUT2D eigenvalue weighted by atomic mass is 10.0. The van der Waals surface area contributed by atoms with Gasteiger partial charge in [-0.2, -0.15) is 0 Å². The molecule has 0 aromatic heterocycles. The van der Waals surface area contributed by atoms with Crippen LogP contribution in [0.5, 0.6) is 0 Å². The second-order valence-corrected chi connectivity index (χ2v) is 3.44. The number of carbonyl (C=O) groups is 1. The van der Waals surface area contributed by atoms with Crippen molar-refractivity contribution < 1.29 is 14.3 Å².